The van der Waals surface area contributed by atoms with Crippen molar-refractivity contribution < 1.29 is 21.6 Å². The Hall–Kier alpha value is -0.430. The fraction of sp³-hybridized carbons (Fsp3) is 0.800. The first-order valence-corrected chi connectivity index (χ1v) is 6.63. The van der Waals surface area contributed by atoms with Crippen LogP contribution in [0.4, 0.5) is 0 Å². The molecule has 71 valence electrons. The average molecular weight is 213 g/mol. The summed E-state index contributed by atoms with van der Waals surface area (Å²) in [5, 5.41) is 0. The van der Waals surface area contributed by atoms with Crippen LogP contribution >= 0.6 is 0 Å². The normalized spacial score (nSPS) is 14.2. The summed E-state index contributed by atoms with van der Waals surface area (Å²) in [6, 6.07) is 0. The van der Waals surface area contributed by atoms with Crippen LogP contribution in [-0.2, 0) is 24.5 Å². The van der Waals surface area contributed by atoms with Crippen LogP contribution in [0.5, 0.6) is 0 Å². The van der Waals surface area contributed by atoms with E-state index in [0.29, 0.717) is 12.5 Å². The summed E-state index contributed by atoms with van der Waals surface area (Å²) in [6.45, 7) is 0.810. The Balaban J connectivity index is 5.75. The summed E-state index contributed by atoms with van der Waals surface area (Å²) < 4.78 is 41.1. The van der Waals surface area contributed by atoms with Crippen molar-refractivity contribution in [3.8, 4) is 0 Å². The third-order valence-electron chi connectivity index (χ3n) is 1.60. The molecule has 0 N–H and O–H groups in total. The molecule has 12 heavy (non-hydrogen) atoms. The van der Waals surface area contributed by atoms with Crippen LogP contribution < -0.4 is 0 Å². The van der Waals surface area contributed by atoms with Gasteiger partial charge in [-0.2, -0.15) is 0 Å². The van der Waals surface area contributed by atoms with Gasteiger partial charge in [-0.25, -0.2) is 16.8 Å². The highest BCUT2D eigenvalue weighted by Crippen LogP contribution is 2.19. The van der Waals surface area contributed by atoms with E-state index in [1.54, 1.807) is 0 Å². The Morgan fingerprint density at radius 1 is 1.00 bits per heavy atom. The fourth-order valence-electron chi connectivity index (χ4n) is 0.426. The van der Waals surface area contributed by atoms with Gasteiger partial charge in [0.25, 0.3) is 0 Å². The zero-order valence-corrected chi connectivity index (χ0v) is 8.49. The van der Waals surface area contributed by atoms with Gasteiger partial charge in [0, 0.05) is 12.5 Å². The van der Waals surface area contributed by atoms with E-state index in [-0.39, 0.29) is 0 Å². The van der Waals surface area contributed by atoms with Crippen molar-refractivity contribution in [3.05, 3.63) is 0 Å². The van der Waals surface area contributed by atoms with E-state index >= 15 is 0 Å². The van der Waals surface area contributed by atoms with Crippen molar-refractivity contribution in [2.75, 3.05) is 12.5 Å². The Morgan fingerprint density at radius 3 is 1.25 bits per heavy atom. The molecule has 0 aliphatic rings. The van der Waals surface area contributed by atoms with Crippen molar-refractivity contribution in [2.24, 2.45) is 0 Å². The van der Waals surface area contributed by atoms with Crippen molar-refractivity contribution in [3.63, 3.8) is 0 Å². The van der Waals surface area contributed by atoms with Crippen LogP contribution in [0.3, 0.4) is 0 Å². The molecule has 1 radical (unpaired) electrons. The van der Waals surface area contributed by atoms with Gasteiger partial charge in [-0.3, -0.25) is 4.79 Å². The van der Waals surface area contributed by atoms with Crippen molar-refractivity contribution in [2.45, 2.75) is 11.0 Å². The molecule has 0 fully saturated rings. The number of hydrogen-bond donors (Lipinski definition) is 0. The molecule has 0 saturated carbocycles. The Bertz CT molecular complexity index is 342. The maximum atomic E-state index is 10.9. The molecular formula is C5H9O5S2. The lowest BCUT2D eigenvalue weighted by atomic mass is 10.5. The summed E-state index contributed by atoms with van der Waals surface area (Å²) in [6.07, 6.45) is 2.39. The second-order valence-corrected chi connectivity index (χ2v) is 7.57. The third-order valence-corrected chi connectivity index (χ3v) is 6.41. The molecule has 0 unspecified atom stereocenters. The van der Waals surface area contributed by atoms with E-state index in [2.05, 4.69) is 0 Å². The Morgan fingerprint density at radius 2 is 1.25 bits per heavy atom. The smallest absolute Gasteiger partial charge is 0.237 e. The second-order valence-electron chi connectivity index (χ2n) is 2.59. The molecule has 7 heteroatoms. The monoisotopic (exact) mass is 213 g/mol. The van der Waals surface area contributed by atoms with Crippen LogP contribution in [0.15, 0.2) is 0 Å². The van der Waals surface area contributed by atoms with Crippen LogP contribution in [0.2, 0.25) is 0 Å². The molecule has 0 saturated heterocycles. The molecular weight excluding hydrogens is 204 g/mol. The number of carbonyl (C=O) groups excluding carboxylic acids is 1. The van der Waals surface area contributed by atoms with Crippen LogP contribution in [-0.4, -0.2) is 39.7 Å². The Labute approximate surface area is 71.6 Å². The zero-order valence-electron chi connectivity index (χ0n) is 6.86. The third kappa shape index (κ3) is 1.66. The van der Waals surface area contributed by atoms with Gasteiger partial charge >= 0.3 is 0 Å². The minimum absolute atomic E-state index is 0.680. The largest absolute Gasteiger partial charge is 0.288 e. The van der Waals surface area contributed by atoms with E-state index in [1.807, 2.05) is 0 Å². The summed E-state index contributed by atoms with van der Waals surface area (Å²) in [7, 11) is -7.97. The summed E-state index contributed by atoms with van der Waals surface area (Å²) in [5.41, 5.74) is 0. The second kappa shape index (κ2) is 2.81. The highest BCUT2D eigenvalue weighted by molar-refractivity contribution is 8.10. The first kappa shape index (κ1) is 11.6. The SMILES string of the molecule is CC([C]=O)(S(C)(=O)=O)S(C)(=O)=O. The summed E-state index contributed by atoms with van der Waals surface area (Å²) in [4.78, 5) is 10.2. The maximum Gasteiger partial charge on any atom is 0.237 e. The zero-order chi connectivity index (χ0) is 10.2. The van der Waals surface area contributed by atoms with E-state index in [0.717, 1.165) is 13.2 Å². The molecule has 0 heterocycles. The predicted octanol–water partition coefficient (Wildman–Crippen LogP) is -1.10. The number of hydrogen-bond acceptors (Lipinski definition) is 5. The average Bonchev–Trinajstić information content (AvgIpc) is 1.81. The predicted molar refractivity (Wildman–Crippen MR) is 43.8 cm³/mol. The maximum absolute atomic E-state index is 10.9. The van der Waals surface area contributed by atoms with E-state index in [1.165, 1.54) is 0 Å². The van der Waals surface area contributed by atoms with Gasteiger partial charge in [-0.1, -0.05) is 0 Å². The molecule has 0 aliphatic heterocycles. The van der Waals surface area contributed by atoms with E-state index in [9.17, 15) is 21.6 Å². The molecule has 0 aliphatic carbocycles. The lowest BCUT2D eigenvalue weighted by molar-refractivity contribution is 0.535. The van der Waals surface area contributed by atoms with Gasteiger partial charge < -0.3 is 0 Å². The lowest BCUT2D eigenvalue weighted by Gasteiger charge is -2.16. The number of sulfone groups is 2. The van der Waals surface area contributed by atoms with Gasteiger partial charge in [-0.05, 0) is 6.92 Å². The van der Waals surface area contributed by atoms with E-state index < -0.39 is 23.8 Å². The minimum atomic E-state index is -3.98. The topological polar surface area (TPSA) is 85.3 Å². The first-order valence-electron chi connectivity index (χ1n) is 2.85. The summed E-state index contributed by atoms with van der Waals surface area (Å²) >= 11 is 0. The highest BCUT2D eigenvalue weighted by atomic mass is 32.3. The van der Waals surface area contributed by atoms with Gasteiger partial charge in [0.05, 0.1) is 0 Å². The summed E-state index contributed by atoms with van der Waals surface area (Å²) in [5.74, 6) is 0. The van der Waals surface area contributed by atoms with Crippen LogP contribution in [0.1, 0.15) is 6.92 Å². The molecule has 0 atom stereocenters. The van der Waals surface area contributed by atoms with Crippen molar-refractivity contribution in [1.82, 2.24) is 0 Å². The van der Waals surface area contributed by atoms with Crippen molar-refractivity contribution >= 4 is 26.0 Å². The van der Waals surface area contributed by atoms with Crippen LogP contribution in [0, 0.1) is 0 Å². The first-order chi connectivity index (χ1) is 5.06. The molecule has 0 aromatic heterocycles. The van der Waals surface area contributed by atoms with Gasteiger partial charge in [0.15, 0.2) is 19.7 Å². The molecule has 0 amide bonds. The lowest BCUT2D eigenvalue weighted by Crippen LogP contribution is -2.43. The van der Waals surface area contributed by atoms with Gasteiger partial charge in [0.2, 0.25) is 10.4 Å². The molecule has 5 nitrogen and oxygen atoms in total. The fourth-order valence-corrected chi connectivity index (χ4v) is 2.93. The molecule has 0 aromatic rings. The minimum Gasteiger partial charge on any atom is -0.288 e. The van der Waals surface area contributed by atoms with Crippen LogP contribution in [0.25, 0.3) is 0 Å². The quantitative estimate of drug-likeness (QED) is 0.594. The standard InChI is InChI=1S/C5H9O5S2/c1-5(4-6,11(2,7)8)12(3,9)10/h1-3H3. The molecule has 0 bridgehead atoms. The number of rotatable bonds is 3. The van der Waals surface area contributed by atoms with Gasteiger partial charge in [-0.15, -0.1) is 0 Å². The molecule has 0 spiro atoms. The van der Waals surface area contributed by atoms with Crippen molar-refractivity contribution in [1.29, 1.82) is 0 Å². The van der Waals surface area contributed by atoms with E-state index in [4.69, 9.17) is 0 Å². The Kier molecular flexibility index (Phi) is 2.71. The molecule has 0 aromatic carbocycles. The highest BCUT2D eigenvalue weighted by Gasteiger charge is 2.46. The van der Waals surface area contributed by atoms with Gasteiger partial charge in [0.1, 0.15) is 0 Å². The molecule has 0 rings (SSSR count).